The molecule has 0 fully saturated rings. The van der Waals surface area contributed by atoms with Gasteiger partial charge in [-0.1, -0.05) is 25.1 Å². The van der Waals surface area contributed by atoms with Crippen molar-refractivity contribution in [3.63, 3.8) is 0 Å². The highest BCUT2D eigenvalue weighted by Gasteiger charge is 2.15. The number of para-hydroxylation sites is 1. The first-order valence-corrected chi connectivity index (χ1v) is 6.99. The van der Waals surface area contributed by atoms with Gasteiger partial charge in [0.1, 0.15) is 17.7 Å². The van der Waals surface area contributed by atoms with Crippen LogP contribution >= 0.6 is 0 Å². The van der Waals surface area contributed by atoms with Crippen LogP contribution in [0.4, 0.5) is 0 Å². The number of aromatic nitrogens is 2. The van der Waals surface area contributed by atoms with Crippen LogP contribution in [0.25, 0.3) is 22.2 Å². The maximum Gasteiger partial charge on any atom is 0.134 e. The Kier molecular flexibility index (Phi) is 3.56. The van der Waals surface area contributed by atoms with Crippen molar-refractivity contribution in [3.8, 4) is 11.3 Å². The van der Waals surface area contributed by atoms with Gasteiger partial charge in [0.2, 0.25) is 0 Å². The smallest absolute Gasteiger partial charge is 0.134 e. The molecule has 0 aliphatic heterocycles. The van der Waals surface area contributed by atoms with E-state index in [0.717, 1.165) is 41.0 Å². The number of imidazole rings is 1. The minimum Gasteiger partial charge on any atom is -0.464 e. The predicted molar refractivity (Wildman–Crippen MR) is 80.8 cm³/mol. The van der Waals surface area contributed by atoms with Crippen LogP contribution in [0, 0.1) is 0 Å². The molecule has 20 heavy (non-hydrogen) atoms. The van der Waals surface area contributed by atoms with E-state index in [9.17, 15) is 0 Å². The van der Waals surface area contributed by atoms with Crippen LogP contribution in [0.15, 0.2) is 41.1 Å². The zero-order chi connectivity index (χ0) is 13.9. The fourth-order valence-corrected chi connectivity index (χ4v) is 2.55. The van der Waals surface area contributed by atoms with Crippen molar-refractivity contribution < 1.29 is 4.42 Å². The lowest BCUT2D eigenvalue weighted by Gasteiger charge is -2.10. The average Bonchev–Trinajstić information content (AvgIpc) is 3.11. The molecule has 0 aliphatic carbocycles. The van der Waals surface area contributed by atoms with Gasteiger partial charge in [-0.3, -0.25) is 0 Å². The number of likely N-dealkylation sites (N-methyl/N-ethyl adjacent to an activating group) is 1. The van der Waals surface area contributed by atoms with Crippen molar-refractivity contribution >= 4 is 11.0 Å². The molecule has 0 spiro atoms. The van der Waals surface area contributed by atoms with E-state index in [1.807, 2.05) is 31.4 Å². The van der Waals surface area contributed by atoms with Gasteiger partial charge in [-0.25, -0.2) is 4.98 Å². The molecular weight excluding hydrogens is 250 g/mol. The Balaban J connectivity index is 1.97. The highest BCUT2D eigenvalue weighted by molar-refractivity contribution is 5.92. The van der Waals surface area contributed by atoms with Gasteiger partial charge >= 0.3 is 0 Å². The first-order chi connectivity index (χ1) is 9.83. The van der Waals surface area contributed by atoms with Crippen molar-refractivity contribution in [2.75, 3.05) is 13.6 Å². The fraction of sp³-hybridized carbons (Fsp3) is 0.312. The van der Waals surface area contributed by atoms with Crippen molar-refractivity contribution in [1.29, 1.82) is 0 Å². The zero-order valence-corrected chi connectivity index (χ0v) is 11.8. The molecule has 2 heterocycles. The summed E-state index contributed by atoms with van der Waals surface area (Å²) in [6, 6.07) is 8.05. The van der Waals surface area contributed by atoms with Crippen molar-refractivity contribution in [2.24, 2.45) is 0 Å². The summed E-state index contributed by atoms with van der Waals surface area (Å²) in [4.78, 5) is 7.96. The highest BCUT2D eigenvalue weighted by atomic mass is 16.3. The molecule has 3 aromatic rings. The molecule has 0 saturated carbocycles. The fourth-order valence-electron chi connectivity index (χ4n) is 2.55. The molecule has 4 nitrogen and oxygen atoms in total. The number of furan rings is 1. The second-order valence-corrected chi connectivity index (χ2v) is 4.99. The van der Waals surface area contributed by atoms with E-state index in [1.165, 1.54) is 0 Å². The van der Waals surface area contributed by atoms with Crippen LogP contribution < -0.4 is 5.32 Å². The first kappa shape index (κ1) is 12.9. The van der Waals surface area contributed by atoms with E-state index in [-0.39, 0.29) is 0 Å². The zero-order valence-electron chi connectivity index (χ0n) is 11.8. The molecule has 104 valence electrons. The van der Waals surface area contributed by atoms with Gasteiger partial charge in [0, 0.05) is 23.4 Å². The molecule has 1 atom stereocenters. The van der Waals surface area contributed by atoms with E-state index >= 15 is 0 Å². The third kappa shape index (κ3) is 2.23. The summed E-state index contributed by atoms with van der Waals surface area (Å²) in [5.74, 6) is 1.44. The maximum absolute atomic E-state index is 5.59. The molecule has 0 amide bonds. The second-order valence-electron chi connectivity index (χ2n) is 4.99. The van der Waals surface area contributed by atoms with Crippen molar-refractivity contribution in [1.82, 2.24) is 15.3 Å². The summed E-state index contributed by atoms with van der Waals surface area (Å²) in [5.41, 5.74) is 2.99. The standard InChI is InChI=1S/C16H19N3O/c1-3-11(8-17-2)16-18-9-14(19-16)13-10-20-15-7-5-4-6-12(13)15/h4-7,9-11,17H,3,8H2,1-2H3,(H,18,19). The first-order valence-electron chi connectivity index (χ1n) is 6.99. The molecule has 0 aliphatic rings. The van der Waals surface area contributed by atoms with E-state index in [4.69, 9.17) is 4.42 Å². The lowest BCUT2D eigenvalue weighted by atomic mass is 10.1. The van der Waals surface area contributed by atoms with Crippen LogP contribution in [0.5, 0.6) is 0 Å². The van der Waals surface area contributed by atoms with Crippen LogP contribution in [0.2, 0.25) is 0 Å². The van der Waals surface area contributed by atoms with Gasteiger partial charge in [0.05, 0.1) is 11.9 Å². The average molecular weight is 269 g/mol. The second kappa shape index (κ2) is 5.51. The molecule has 0 bridgehead atoms. The Hall–Kier alpha value is -2.07. The van der Waals surface area contributed by atoms with Crippen molar-refractivity contribution in [3.05, 3.63) is 42.5 Å². The molecule has 2 aromatic heterocycles. The van der Waals surface area contributed by atoms with Crippen LogP contribution in [-0.2, 0) is 0 Å². The molecule has 2 N–H and O–H groups in total. The van der Waals surface area contributed by atoms with Crippen LogP contribution in [0.3, 0.4) is 0 Å². The number of nitrogens with zero attached hydrogens (tertiary/aromatic N) is 1. The molecule has 1 aromatic carbocycles. The number of nitrogens with one attached hydrogen (secondary N) is 2. The number of aromatic amines is 1. The number of rotatable bonds is 5. The van der Waals surface area contributed by atoms with Gasteiger partial charge < -0.3 is 14.7 Å². The molecule has 3 rings (SSSR count). The lowest BCUT2D eigenvalue weighted by molar-refractivity contribution is 0.586. The lowest BCUT2D eigenvalue weighted by Crippen LogP contribution is -2.17. The number of hydrogen-bond donors (Lipinski definition) is 2. The minimum absolute atomic E-state index is 0.409. The Labute approximate surface area is 118 Å². The Bertz CT molecular complexity index is 698. The quantitative estimate of drug-likeness (QED) is 0.745. The number of H-pyrrole nitrogens is 1. The number of hydrogen-bond acceptors (Lipinski definition) is 3. The maximum atomic E-state index is 5.59. The van der Waals surface area contributed by atoms with Gasteiger partial charge in [-0.05, 0) is 19.5 Å². The van der Waals surface area contributed by atoms with E-state index < -0.39 is 0 Å². The van der Waals surface area contributed by atoms with Gasteiger partial charge in [0.25, 0.3) is 0 Å². The molecule has 4 heteroatoms. The topological polar surface area (TPSA) is 53.9 Å². The number of benzene rings is 1. The summed E-state index contributed by atoms with van der Waals surface area (Å²) < 4.78 is 5.59. The van der Waals surface area contributed by atoms with Gasteiger partial charge in [-0.15, -0.1) is 0 Å². The monoisotopic (exact) mass is 269 g/mol. The van der Waals surface area contributed by atoms with Gasteiger partial charge in [-0.2, -0.15) is 0 Å². The Morgan fingerprint density at radius 1 is 1.35 bits per heavy atom. The van der Waals surface area contributed by atoms with Crippen molar-refractivity contribution in [2.45, 2.75) is 19.3 Å². The third-order valence-corrected chi connectivity index (χ3v) is 3.70. The molecule has 0 saturated heterocycles. The Morgan fingerprint density at radius 2 is 2.20 bits per heavy atom. The molecule has 0 radical (unpaired) electrons. The molecular formula is C16H19N3O. The van der Waals surface area contributed by atoms with Crippen LogP contribution in [0.1, 0.15) is 25.1 Å². The minimum atomic E-state index is 0.409. The molecule has 1 unspecified atom stereocenters. The Morgan fingerprint density at radius 3 is 3.00 bits per heavy atom. The summed E-state index contributed by atoms with van der Waals surface area (Å²) in [6.07, 6.45) is 4.74. The van der Waals surface area contributed by atoms with E-state index in [2.05, 4.69) is 28.3 Å². The SMILES string of the molecule is CCC(CNC)c1ncc(-c2coc3ccccc23)[nH]1. The van der Waals surface area contributed by atoms with Gasteiger partial charge in [0.15, 0.2) is 0 Å². The largest absolute Gasteiger partial charge is 0.464 e. The van der Waals surface area contributed by atoms with Crippen LogP contribution in [-0.4, -0.2) is 23.6 Å². The van der Waals surface area contributed by atoms with E-state index in [0.29, 0.717) is 5.92 Å². The number of fused-ring (bicyclic) bond motifs is 1. The summed E-state index contributed by atoms with van der Waals surface area (Å²) in [6.45, 7) is 3.10. The predicted octanol–water partition coefficient (Wildman–Crippen LogP) is 3.54. The third-order valence-electron chi connectivity index (χ3n) is 3.70. The summed E-state index contributed by atoms with van der Waals surface area (Å²) in [5, 5.41) is 4.33. The highest BCUT2D eigenvalue weighted by Crippen LogP contribution is 2.30. The summed E-state index contributed by atoms with van der Waals surface area (Å²) >= 11 is 0. The van der Waals surface area contributed by atoms with E-state index in [1.54, 1.807) is 6.26 Å². The normalized spacial score (nSPS) is 12.9. The summed E-state index contributed by atoms with van der Waals surface area (Å²) in [7, 11) is 1.97.